The zero-order valence-corrected chi connectivity index (χ0v) is 18.5. The Labute approximate surface area is 177 Å². The quantitative estimate of drug-likeness (QED) is 0.672. The molecule has 1 aliphatic heterocycles. The monoisotopic (exact) mass is 429 g/mol. The molecule has 0 atom stereocenters. The van der Waals surface area contributed by atoms with Crippen molar-refractivity contribution in [2.45, 2.75) is 16.8 Å². The fourth-order valence-corrected chi connectivity index (χ4v) is 5.43. The summed E-state index contributed by atoms with van der Waals surface area (Å²) in [5.41, 5.74) is 2.25. The minimum atomic E-state index is -3.74. The molecule has 1 N–H and O–H groups in total. The average Bonchev–Trinajstić information content (AvgIpc) is 3.10. The lowest BCUT2D eigenvalue weighted by Crippen LogP contribution is -2.44. The van der Waals surface area contributed by atoms with E-state index in [9.17, 15) is 8.42 Å². The fourth-order valence-electron chi connectivity index (χ4n) is 3.93. The highest BCUT2D eigenvalue weighted by Crippen LogP contribution is 2.36. The molecule has 0 spiro atoms. The highest BCUT2D eigenvalue weighted by molar-refractivity contribution is 7.91. The molecule has 1 fully saturated rings. The second kappa shape index (κ2) is 7.85. The molecular weight excluding hydrogens is 402 g/mol. The van der Waals surface area contributed by atoms with Gasteiger partial charge in [-0.2, -0.15) is 0 Å². The van der Waals surface area contributed by atoms with Crippen LogP contribution in [0.15, 0.2) is 46.3 Å². The van der Waals surface area contributed by atoms with E-state index in [1.165, 1.54) is 0 Å². The van der Waals surface area contributed by atoms with Gasteiger partial charge in [0.05, 0.1) is 24.8 Å². The third kappa shape index (κ3) is 3.50. The van der Waals surface area contributed by atoms with E-state index in [0.29, 0.717) is 17.1 Å². The van der Waals surface area contributed by atoms with Crippen LogP contribution in [0, 0.1) is 6.92 Å². The SMILES string of the molecule is COc1ccc2[nH]c(S(=O)(=O)c3ccc(OC)c(N4CCN(C)CC4)c3)c(C)c2c1. The predicted molar refractivity (Wildman–Crippen MR) is 118 cm³/mol. The van der Waals surface area contributed by atoms with Gasteiger partial charge in [-0.25, -0.2) is 8.42 Å². The van der Waals surface area contributed by atoms with E-state index in [2.05, 4.69) is 21.8 Å². The van der Waals surface area contributed by atoms with Gasteiger partial charge in [0.25, 0.3) is 0 Å². The van der Waals surface area contributed by atoms with Crippen LogP contribution in [0.25, 0.3) is 10.9 Å². The molecule has 0 saturated carbocycles. The second-order valence-electron chi connectivity index (χ2n) is 7.62. The standard InChI is InChI=1S/C22H27N3O4S/c1-15-18-13-16(28-3)5-7-19(18)23-22(15)30(26,27)17-6-8-21(29-4)20(14-17)25-11-9-24(2)10-12-25/h5-8,13-14,23H,9-12H2,1-4H3. The van der Waals surface area contributed by atoms with Gasteiger partial charge in [-0.05, 0) is 55.9 Å². The molecule has 1 aliphatic rings. The van der Waals surface area contributed by atoms with E-state index in [4.69, 9.17) is 9.47 Å². The number of likely N-dealkylation sites (N-methyl/N-ethyl adjacent to an activating group) is 1. The Kier molecular flexibility index (Phi) is 5.38. The lowest BCUT2D eigenvalue weighted by molar-refractivity contribution is 0.311. The summed E-state index contributed by atoms with van der Waals surface area (Å²) in [5.74, 6) is 1.37. The van der Waals surface area contributed by atoms with Crippen LogP contribution in [-0.4, -0.2) is 65.7 Å². The number of methoxy groups -OCH3 is 2. The van der Waals surface area contributed by atoms with E-state index in [1.54, 1.807) is 32.4 Å². The molecule has 0 aliphatic carbocycles. The summed E-state index contributed by atoms with van der Waals surface area (Å²) >= 11 is 0. The summed E-state index contributed by atoms with van der Waals surface area (Å²) in [5, 5.41) is 1.04. The number of H-pyrrole nitrogens is 1. The number of anilines is 1. The number of benzene rings is 2. The number of aromatic nitrogens is 1. The summed E-state index contributed by atoms with van der Waals surface area (Å²) in [6, 6.07) is 10.6. The molecule has 160 valence electrons. The predicted octanol–water partition coefficient (Wildman–Crippen LogP) is 3.08. The fraction of sp³-hybridized carbons (Fsp3) is 0.364. The Morgan fingerprint density at radius 1 is 0.967 bits per heavy atom. The first-order valence-corrected chi connectivity index (χ1v) is 11.4. The third-order valence-electron chi connectivity index (χ3n) is 5.79. The Morgan fingerprint density at radius 2 is 1.70 bits per heavy atom. The smallest absolute Gasteiger partial charge is 0.222 e. The van der Waals surface area contributed by atoms with Crippen molar-refractivity contribution >= 4 is 26.4 Å². The first kappa shape index (κ1) is 20.6. The molecule has 1 saturated heterocycles. The zero-order chi connectivity index (χ0) is 21.5. The highest BCUT2D eigenvalue weighted by atomic mass is 32.2. The number of hydrogen-bond donors (Lipinski definition) is 1. The van der Waals surface area contributed by atoms with Gasteiger partial charge in [-0.15, -0.1) is 0 Å². The molecule has 3 aromatic rings. The van der Waals surface area contributed by atoms with Crippen LogP contribution in [0.3, 0.4) is 0 Å². The van der Waals surface area contributed by atoms with Crippen LogP contribution in [0.1, 0.15) is 5.56 Å². The number of aryl methyl sites for hydroxylation is 1. The maximum atomic E-state index is 13.5. The van der Waals surface area contributed by atoms with E-state index in [-0.39, 0.29) is 9.92 Å². The molecule has 0 radical (unpaired) electrons. The Balaban J connectivity index is 1.79. The number of piperazine rings is 1. The lowest BCUT2D eigenvalue weighted by Gasteiger charge is -2.34. The minimum absolute atomic E-state index is 0.209. The maximum absolute atomic E-state index is 13.5. The van der Waals surface area contributed by atoms with Gasteiger partial charge in [-0.1, -0.05) is 0 Å². The van der Waals surface area contributed by atoms with Crippen molar-refractivity contribution in [3.63, 3.8) is 0 Å². The van der Waals surface area contributed by atoms with Gasteiger partial charge in [-0.3, -0.25) is 0 Å². The summed E-state index contributed by atoms with van der Waals surface area (Å²) in [4.78, 5) is 7.78. The zero-order valence-electron chi connectivity index (χ0n) is 17.7. The van der Waals surface area contributed by atoms with Gasteiger partial charge in [0.2, 0.25) is 9.84 Å². The van der Waals surface area contributed by atoms with Crippen molar-refractivity contribution in [1.82, 2.24) is 9.88 Å². The van der Waals surface area contributed by atoms with Gasteiger partial charge >= 0.3 is 0 Å². The Hall–Kier alpha value is -2.71. The molecular formula is C22H27N3O4S. The number of ether oxygens (including phenoxy) is 2. The maximum Gasteiger partial charge on any atom is 0.222 e. The number of rotatable bonds is 5. The van der Waals surface area contributed by atoms with Crippen molar-refractivity contribution < 1.29 is 17.9 Å². The highest BCUT2D eigenvalue weighted by Gasteiger charge is 2.26. The van der Waals surface area contributed by atoms with E-state index >= 15 is 0 Å². The molecule has 30 heavy (non-hydrogen) atoms. The molecule has 0 unspecified atom stereocenters. The molecule has 2 aromatic carbocycles. The van der Waals surface area contributed by atoms with E-state index in [0.717, 1.165) is 42.8 Å². The van der Waals surface area contributed by atoms with Crippen LogP contribution in [-0.2, 0) is 9.84 Å². The van der Waals surface area contributed by atoms with Crippen LogP contribution >= 0.6 is 0 Å². The van der Waals surface area contributed by atoms with Crippen LogP contribution in [0.4, 0.5) is 5.69 Å². The number of aromatic amines is 1. The lowest BCUT2D eigenvalue weighted by atomic mass is 10.2. The largest absolute Gasteiger partial charge is 0.497 e. The molecule has 7 nitrogen and oxygen atoms in total. The van der Waals surface area contributed by atoms with Crippen LogP contribution in [0.5, 0.6) is 11.5 Å². The number of fused-ring (bicyclic) bond motifs is 1. The molecule has 0 amide bonds. The summed E-state index contributed by atoms with van der Waals surface area (Å²) in [7, 11) is 1.55. The number of sulfone groups is 1. The van der Waals surface area contributed by atoms with Gasteiger partial charge in [0, 0.05) is 37.1 Å². The topological polar surface area (TPSA) is 74.9 Å². The van der Waals surface area contributed by atoms with Gasteiger partial charge in [0.15, 0.2) is 0 Å². The van der Waals surface area contributed by atoms with Crippen LogP contribution in [0.2, 0.25) is 0 Å². The summed E-state index contributed by atoms with van der Waals surface area (Å²) < 4.78 is 37.9. The first-order chi connectivity index (χ1) is 14.3. The van der Waals surface area contributed by atoms with Crippen molar-refractivity contribution in [3.05, 3.63) is 42.0 Å². The van der Waals surface area contributed by atoms with Crippen molar-refractivity contribution in [3.8, 4) is 11.5 Å². The average molecular weight is 430 g/mol. The van der Waals surface area contributed by atoms with Crippen molar-refractivity contribution in [1.29, 1.82) is 0 Å². The van der Waals surface area contributed by atoms with E-state index in [1.807, 2.05) is 25.1 Å². The molecule has 4 rings (SSSR count). The van der Waals surface area contributed by atoms with Gasteiger partial charge in [0.1, 0.15) is 16.5 Å². The molecule has 2 heterocycles. The normalized spacial score (nSPS) is 15.5. The number of nitrogens with one attached hydrogen (secondary N) is 1. The van der Waals surface area contributed by atoms with Crippen LogP contribution < -0.4 is 14.4 Å². The third-order valence-corrected chi connectivity index (χ3v) is 7.61. The van der Waals surface area contributed by atoms with Gasteiger partial charge < -0.3 is 24.3 Å². The second-order valence-corrected chi connectivity index (χ2v) is 9.50. The first-order valence-electron chi connectivity index (χ1n) is 9.88. The summed E-state index contributed by atoms with van der Waals surface area (Å²) in [6.07, 6.45) is 0. The molecule has 1 aromatic heterocycles. The number of nitrogens with zero attached hydrogens (tertiary/aromatic N) is 2. The minimum Gasteiger partial charge on any atom is -0.497 e. The van der Waals surface area contributed by atoms with Crippen molar-refractivity contribution in [2.24, 2.45) is 0 Å². The molecule has 0 bridgehead atoms. The number of hydrogen-bond acceptors (Lipinski definition) is 6. The Morgan fingerprint density at radius 3 is 2.37 bits per heavy atom. The summed E-state index contributed by atoms with van der Waals surface area (Å²) in [6.45, 7) is 5.30. The van der Waals surface area contributed by atoms with E-state index < -0.39 is 9.84 Å². The van der Waals surface area contributed by atoms with Crippen molar-refractivity contribution in [2.75, 3.05) is 52.3 Å². The Bertz CT molecular complexity index is 1180. The molecule has 8 heteroatoms.